The molecule has 0 spiro atoms. The maximum atomic E-state index is 5.22. The Balaban J connectivity index is 1.68. The van der Waals surface area contributed by atoms with Gasteiger partial charge in [-0.05, 0) is 48.0 Å². The lowest BCUT2D eigenvalue weighted by molar-refractivity contribution is 0.414. The Morgan fingerprint density at radius 3 is 2.15 bits per heavy atom. The van der Waals surface area contributed by atoms with Crippen molar-refractivity contribution in [2.45, 2.75) is 6.42 Å². The number of methoxy groups -OCH3 is 2. The summed E-state index contributed by atoms with van der Waals surface area (Å²) in [5.41, 5.74) is 3.08. The van der Waals surface area contributed by atoms with Gasteiger partial charge in [0.25, 0.3) is 5.78 Å². The third-order valence-electron chi connectivity index (χ3n) is 4.19. The van der Waals surface area contributed by atoms with E-state index in [1.165, 1.54) is 0 Å². The molecule has 0 saturated heterocycles. The molecule has 4 rings (SSSR count). The van der Waals surface area contributed by atoms with Gasteiger partial charge >= 0.3 is 0 Å². The number of nitrogens with zero attached hydrogens (tertiary/aromatic N) is 4. The molecule has 26 heavy (non-hydrogen) atoms. The third-order valence-corrected chi connectivity index (χ3v) is 4.19. The maximum absolute atomic E-state index is 5.22. The van der Waals surface area contributed by atoms with Crippen LogP contribution in [0.4, 0.5) is 0 Å². The maximum Gasteiger partial charge on any atom is 0.252 e. The van der Waals surface area contributed by atoms with Crippen LogP contribution in [0.25, 0.3) is 17.0 Å². The minimum Gasteiger partial charge on any atom is -0.497 e. The molecule has 0 unspecified atom stereocenters. The summed E-state index contributed by atoms with van der Waals surface area (Å²) in [5, 5.41) is 4.65. The number of ether oxygens (including phenoxy) is 2. The van der Waals surface area contributed by atoms with E-state index in [9.17, 15) is 0 Å². The summed E-state index contributed by atoms with van der Waals surface area (Å²) in [6.45, 7) is 0. The largest absolute Gasteiger partial charge is 0.497 e. The fourth-order valence-corrected chi connectivity index (χ4v) is 2.82. The van der Waals surface area contributed by atoms with Crippen LogP contribution in [0.5, 0.6) is 11.5 Å². The number of benzene rings is 2. The summed E-state index contributed by atoms with van der Waals surface area (Å²) in [5.74, 6) is 2.96. The SMILES string of the molecule is COc1ccc(Cc2nc3nccc(-c4ccc(OC)cc4)n3n2)cc1. The zero-order valence-corrected chi connectivity index (χ0v) is 14.6. The lowest BCUT2D eigenvalue weighted by atomic mass is 10.1. The summed E-state index contributed by atoms with van der Waals surface area (Å²) in [7, 11) is 3.31. The highest BCUT2D eigenvalue weighted by Crippen LogP contribution is 2.22. The molecular weight excluding hydrogens is 328 g/mol. The van der Waals surface area contributed by atoms with Crippen molar-refractivity contribution in [1.82, 2.24) is 19.6 Å². The Morgan fingerprint density at radius 2 is 1.50 bits per heavy atom. The average Bonchev–Trinajstić information content (AvgIpc) is 3.11. The van der Waals surface area contributed by atoms with Crippen molar-refractivity contribution >= 4 is 5.78 Å². The summed E-state index contributed by atoms with van der Waals surface area (Å²) in [6, 6.07) is 17.7. The van der Waals surface area contributed by atoms with E-state index < -0.39 is 0 Å². The molecule has 6 nitrogen and oxygen atoms in total. The number of rotatable bonds is 5. The third kappa shape index (κ3) is 3.09. The van der Waals surface area contributed by atoms with Crippen LogP contribution in [-0.2, 0) is 6.42 Å². The molecule has 4 aromatic rings. The first-order valence-corrected chi connectivity index (χ1v) is 8.25. The van der Waals surface area contributed by atoms with Crippen LogP contribution >= 0.6 is 0 Å². The minimum atomic E-state index is 0.585. The standard InChI is InChI=1S/C20H18N4O2/c1-25-16-7-3-14(4-8-16)13-19-22-20-21-12-11-18(24(20)23-19)15-5-9-17(26-2)10-6-15/h3-12H,13H2,1-2H3. The zero-order valence-electron chi connectivity index (χ0n) is 14.6. The molecule has 0 radical (unpaired) electrons. The zero-order chi connectivity index (χ0) is 17.9. The van der Waals surface area contributed by atoms with Gasteiger partial charge in [0.2, 0.25) is 0 Å². The van der Waals surface area contributed by atoms with Crippen molar-refractivity contribution in [2.24, 2.45) is 0 Å². The molecule has 6 heteroatoms. The molecule has 130 valence electrons. The van der Waals surface area contributed by atoms with Crippen molar-refractivity contribution in [2.75, 3.05) is 14.2 Å². The number of hydrogen-bond donors (Lipinski definition) is 0. The van der Waals surface area contributed by atoms with E-state index >= 15 is 0 Å². The van der Waals surface area contributed by atoms with E-state index in [1.807, 2.05) is 54.6 Å². The van der Waals surface area contributed by atoms with Gasteiger partial charge in [-0.1, -0.05) is 12.1 Å². The predicted molar refractivity (Wildman–Crippen MR) is 98.6 cm³/mol. The van der Waals surface area contributed by atoms with Crippen LogP contribution in [0, 0.1) is 0 Å². The Morgan fingerprint density at radius 1 is 0.846 bits per heavy atom. The molecule has 0 amide bonds. The topological polar surface area (TPSA) is 61.5 Å². The summed E-state index contributed by atoms with van der Waals surface area (Å²) in [6.07, 6.45) is 2.39. The smallest absolute Gasteiger partial charge is 0.252 e. The molecule has 2 aromatic heterocycles. The second-order valence-electron chi connectivity index (χ2n) is 5.82. The van der Waals surface area contributed by atoms with Gasteiger partial charge in [-0.3, -0.25) is 0 Å². The molecule has 0 aliphatic carbocycles. The van der Waals surface area contributed by atoms with Crippen molar-refractivity contribution in [1.29, 1.82) is 0 Å². The molecule has 0 aliphatic heterocycles. The molecule has 0 atom stereocenters. The van der Waals surface area contributed by atoms with Crippen LogP contribution < -0.4 is 9.47 Å². The van der Waals surface area contributed by atoms with E-state index in [4.69, 9.17) is 9.47 Å². The van der Waals surface area contributed by atoms with Gasteiger partial charge in [0.15, 0.2) is 5.82 Å². The Kier molecular flexibility index (Phi) is 4.23. The Labute approximate surface area is 151 Å². The first kappa shape index (κ1) is 16.1. The summed E-state index contributed by atoms with van der Waals surface area (Å²) in [4.78, 5) is 8.89. The van der Waals surface area contributed by atoms with Gasteiger partial charge in [0.05, 0.1) is 19.9 Å². The molecular formula is C20H18N4O2. The van der Waals surface area contributed by atoms with Crippen LogP contribution in [-0.4, -0.2) is 33.8 Å². The molecule has 0 bridgehead atoms. The molecule has 2 heterocycles. The van der Waals surface area contributed by atoms with Gasteiger partial charge in [-0.25, -0.2) is 4.98 Å². The molecule has 0 aliphatic rings. The fraction of sp³-hybridized carbons (Fsp3) is 0.150. The van der Waals surface area contributed by atoms with Crippen LogP contribution in [0.3, 0.4) is 0 Å². The highest BCUT2D eigenvalue weighted by molar-refractivity contribution is 5.62. The highest BCUT2D eigenvalue weighted by Gasteiger charge is 2.11. The number of fused-ring (bicyclic) bond motifs is 1. The minimum absolute atomic E-state index is 0.585. The summed E-state index contributed by atoms with van der Waals surface area (Å²) >= 11 is 0. The van der Waals surface area contributed by atoms with E-state index in [0.29, 0.717) is 12.2 Å². The van der Waals surface area contributed by atoms with Crippen molar-refractivity contribution in [3.8, 4) is 22.8 Å². The van der Waals surface area contributed by atoms with Gasteiger partial charge in [-0.15, -0.1) is 5.10 Å². The van der Waals surface area contributed by atoms with Gasteiger partial charge in [0, 0.05) is 18.2 Å². The molecule has 0 saturated carbocycles. The van der Waals surface area contributed by atoms with Gasteiger partial charge < -0.3 is 9.47 Å². The van der Waals surface area contributed by atoms with Crippen molar-refractivity contribution in [3.05, 3.63) is 72.2 Å². The normalized spacial score (nSPS) is 10.8. The second kappa shape index (κ2) is 6.84. The van der Waals surface area contributed by atoms with E-state index in [2.05, 4.69) is 15.1 Å². The second-order valence-corrected chi connectivity index (χ2v) is 5.82. The average molecular weight is 346 g/mol. The van der Waals surface area contributed by atoms with Gasteiger partial charge in [0.1, 0.15) is 11.5 Å². The monoisotopic (exact) mass is 346 g/mol. The Hall–Kier alpha value is -3.41. The fourth-order valence-electron chi connectivity index (χ4n) is 2.82. The molecule has 0 fully saturated rings. The van der Waals surface area contributed by atoms with Crippen LogP contribution in [0.1, 0.15) is 11.4 Å². The van der Waals surface area contributed by atoms with E-state index in [-0.39, 0.29) is 0 Å². The first-order chi connectivity index (χ1) is 12.8. The van der Waals surface area contributed by atoms with Gasteiger partial charge in [-0.2, -0.15) is 9.50 Å². The van der Waals surface area contributed by atoms with Crippen molar-refractivity contribution < 1.29 is 9.47 Å². The van der Waals surface area contributed by atoms with E-state index in [0.717, 1.165) is 34.1 Å². The highest BCUT2D eigenvalue weighted by atomic mass is 16.5. The van der Waals surface area contributed by atoms with Crippen LogP contribution in [0.2, 0.25) is 0 Å². The number of aromatic nitrogens is 4. The molecule has 2 aromatic carbocycles. The summed E-state index contributed by atoms with van der Waals surface area (Å²) < 4.78 is 12.2. The predicted octanol–water partition coefficient (Wildman–Crippen LogP) is 3.40. The van der Waals surface area contributed by atoms with E-state index in [1.54, 1.807) is 24.9 Å². The first-order valence-electron chi connectivity index (χ1n) is 8.25. The molecule has 0 N–H and O–H groups in total. The number of hydrogen-bond acceptors (Lipinski definition) is 5. The quantitative estimate of drug-likeness (QED) is 0.554. The van der Waals surface area contributed by atoms with Crippen LogP contribution in [0.15, 0.2) is 60.8 Å². The lowest BCUT2D eigenvalue weighted by Crippen LogP contribution is -1.97. The Bertz CT molecular complexity index is 1020. The lowest BCUT2D eigenvalue weighted by Gasteiger charge is -2.05. The van der Waals surface area contributed by atoms with Crippen molar-refractivity contribution in [3.63, 3.8) is 0 Å².